The van der Waals surface area contributed by atoms with Crippen molar-refractivity contribution in [1.82, 2.24) is 0 Å². The number of hydrogen-bond donors (Lipinski definition) is 0. The Morgan fingerprint density at radius 3 is 2.25 bits per heavy atom. The quantitative estimate of drug-likeness (QED) is 0.681. The van der Waals surface area contributed by atoms with Gasteiger partial charge in [-0.05, 0) is 31.0 Å². The SMILES string of the molecule is CCC(C)(Br)c1ccc(Cl)cc1. The maximum Gasteiger partial charge on any atom is 0.0475 e. The standard InChI is InChI=1S/C10H12BrCl/c1-3-10(2,11)8-4-6-9(12)7-5-8/h4-7H,3H2,1-2H3. The van der Waals surface area contributed by atoms with Crippen molar-refractivity contribution in [1.29, 1.82) is 0 Å². The summed E-state index contributed by atoms with van der Waals surface area (Å²) in [6.07, 6.45) is 1.06. The molecule has 0 aliphatic carbocycles. The van der Waals surface area contributed by atoms with Crippen molar-refractivity contribution in [3.05, 3.63) is 34.9 Å². The highest BCUT2D eigenvalue weighted by Crippen LogP contribution is 2.34. The van der Waals surface area contributed by atoms with E-state index in [0.29, 0.717) is 0 Å². The maximum atomic E-state index is 5.79. The van der Waals surface area contributed by atoms with Crippen LogP contribution in [0.1, 0.15) is 25.8 Å². The molecule has 1 rings (SSSR count). The van der Waals surface area contributed by atoms with E-state index in [1.807, 2.05) is 12.1 Å². The van der Waals surface area contributed by atoms with Crippen LogP contribution in [0.2, 0.25) is 5.02 Å². The fourth-order valence-corrected chi connectivity index (χ4v) is 1.39. The van der Waals surface area contributed by atoms with Crippen molar-refractivity contribution < 1.29 is 0 Å². The number of benzene rings is 1. The molecule has 1 atom stereocenters. The largest absolute Gasteiger partial charge is 0.0843 e. The van der Waals surface area contributed by atoms with Crippen molar-refractivity contribution >= 4 is 27.5 Å². The molecule has 0 N–H and O–H groups in total. The molecule has 0 amide bonds. The number of hydrogen-bond acceptors (Lipinski definition) is 0. The Bertz CT molecular complexity index is 251. The second kappa shape index (κ2) is 3.80. The van der Waals surface area contributed by atoms with E-state index in [4.69, 9.17) is 11.6 Å². The van der Waals surface area contributed by atoms with Gasteiger partial charge in [0.1, 0.15) is 0 Å². The molecule has 0 aliphatic rings. The van der Waals surface area contributed by atoms with E-state index in [1.54, 1.807) is 0 Å². The van der Waals surface area contributed by atoms with Gasteiger partial charge in [-0.15, -0.1) is 0 Å². The molecule has 66 valence electrons. The predicted molar refractivity (Wildman–Crippen MR) is 58.0 cm³/mol. The maximum absolute atomic E-state index is 5.79. The zero-order valence-electron chi connectivity index (χ0n) is 7.27. The van der Waals surface area contributed by atoms with Crippen molar-refractivity contribution in [2.75, 3.05) is 0 Å². The number of rotatable bonds is 2. The Morgan fingerprint density at radius 1 is 1.33 bits per heavy atom. The van der Waals surface area contributed by atoms with E-state index in [0.717, 1.165) is 11.4 Å². The lowest BCUT2D eigenvalue weighted by molar-refractivity contribution is 0.681. The van der Waals surface area contributed by atoms with Crippen LogP contribution in [0.25, 0.3) is 0 Å². The van der Waals surface area contributed by atoms with Crippen LogP contribution in [0, 0.1) is 0 Å². The van der Waals surface area contributed by atoms with E-state index in [2.05, 4.69) is 41.9 Å². The lowest BCUT2D eigenvalue weighted by atomic mass is 9.99. The molecule has 0 saturated carbocycles. The molecular weight excluding hydrogens is 235 g/mol. The molecular formula is C10H12BrCl. The van der Waals surface area contributed by atoms with Crippen LogP contribution in [0.5, 0.6) is 0 Å². The van der Waals surface area contributed by atoms with Gasteiger partial charge in [0.25, 0.3) is 0 Å². The number of halogens is 2. The zero-order valence-corrected chi connectivity index (χ0v) is 9.61. The fourth-order valence-electron chi connectivity index (χ4n) is 1.00. The lowest BCUT2D eigenvalue weighted by Crippen LogP contribution is -2.10. The summed E-state index contributed by atoms with van der Waals surface area (Å²) in [7, 11) is 0. The topological polar surface area (TPSA) is 0 Å². The van der Waals surface area contributed by atoms with E-state index in [1.165, 1.54) is 5.56 Å². The minimum atomic E-state index is 0.0809. The molecule has 0 bridgehead atoms. The van der Waals surface area contributed by atoms with Crippen molar-refractivity contribution in [3.63, 3.8) is 0 Å². The van der Waals surface area contributed by atoms with E-state index < -0.39 is 0 Å². The normalized spacial score (nSPS) is 15.7. The predicted octanol–water partition coefficient (Wildman–Crippen LogP) is 4.36. The molecule has 12 heavy (non-hydrogen) atoms. The third kappa shape index (κ3) is 2.24. The van der Waals surface area contributed by atoms with Crippen LogP contribution < -0.4 is 0 Å². The van der Waals surface area contributed by atoms with E-state index in [-0.39, 0.29) is 4.32 Å². The molecule has 0 aromatic heterocycles. The minimum Gasteiger partial charge on any atom is -0.0843 e. The van der Waals surface area contributed by atoms with Crippen LogP contribution in [0.3, 0.4) is 0 Å². The Balaban J connectivity index is 2.96. The number of alkyl halides is 1. The molecule has 0 aliphatic heterocycles. The van der Waals surface area contributed by atoms with Crippen molar-refractivity contribution in [2.24, 2.45) is 0 Å². The van der Waals surface area contributed by atoms with Gasteiger partial charge in [0.05, 0.1) is 0 Å². The van der Waals surface area contributed by atoms with Gasteiger partial charge < -0.3 is 0 Å². The summed E-state index contributed by atoms with van der Waals surface area (Å²) in [4.78, 5) is 0. The van der Waals surface area contributed by atoms with Gasteiger partial charge >= 0.3 is 0 Å². The summed E-state index contributed by atoms with van der Waals surface area (Å²) >= 11 is 9.46. The van der Waals surface area contributed by atoms with Gasteiger partial charge in [0.15, 0.2) is 0 Å². The third-order valence-electron chi connectivity index (χ3n) is 2.11. The summed E-state index contributed by atoms with van der Waals surface area (Å²) in [5.74, 6) is 0. The molecule has 1 aromatic rings. The highest BCUT2D eigenvalue weighted by molar-refractivity contribution is 9.09. The summed E-state index contributed by atoms with van der Waals surface area (Å²) < 4.78 is 0.0809. The van der Waals surface area contributed by atoms with Crippen LogP contribution in [-0.4, -0.2) is 0 Å². The first-order chi connectivity index (χ1) is 5.56. The van der Waals surface area contributed by atoms with Crippen LogP contribution in [-0.2, 0) is 4.32 Å². The van der Waals surface area contributed by atoms with E-state index in [9.17, 15) is 0 Å². The second-order valence-electron chi connectivity index (χ2n) is 3.06. The van der Waals surface area contributed by atoms with E-state index >= 15 is 0 Å². The van der Waals surface area contributed by atoms with Crippen molar-refractivity contribution in [2.45, 2.75) is 24.6 Å². The van der Waals surface area contributed by atoms with Gasteiger partial charge in [0.2, 0.25) is 0 Å². The van der Waals surface area contributed by atoms with Gasteiger partial charge in [0, 0.05) is 9.35 Å². The minimum absolute atomic E-state index is 0.0809. The highest BCUT2D eigenvalue weighted by atomic mass is 79.9. The van der Waals surface area contributed by atoms with Crippen LogP contribution in [0.15, 0.2) is 24.3 Å². The molecule has 2 heteroatoms. The first-order valence-electron chi connectivity index (χ1n) is 4.01. The summed E-state index contributed by atoms with van der Waals surface area (Å²) in [5, 5.41) is 0.790. The Hall–Kier alpha value is -0.0100. The summed E-state index contributed by atoms with van der Waals surface area (Å²) in [5.41, 5.74) is 1.27. The third-order valence-corrected chi connectivity index (χ3v) is 3.38. The van der Waals surface area contributed by atoms with Crippen molar-refractivity contribution in [3.8, 4) is 0 Å². The average Bonchev–Trinajstić information content (AvgIpc) is 2.05. The molecule has 0 saturated heterocycles. The first kappa shape index (κ1) is 10.1. The molecule has 0 nitrogen and oxygen atoms in total. The molecule has 0 heterocycles. The smallest absolute Gasteiger partial charge is 0.0475 e. The monoisotopic (exact) mass is 246 g/mol. The van der Waals surface area contributed by atoms with Crippen LogP contribution >= 0.6 is 27.5 Å². The highest BCUT2D eigenvalue weighted by Gasteiger charge is 2.19. The van der Waals surface area contributed by atoms with Crippen LogP contribution in [0.4, 0.5) is 0 Å². The second-order valence-corrected chi connectivity index (χ2v) is 5.24. The molecule has 0 radical (unpaired) electrons. The Kier molecular flexibility index (Phi) is 3.19. The van der Waals surface area contributed by atoms with Gasteiger partial charge in [-0.1, -0.05) is 46.6 Å². The van der Waals surface area contributed by atoms with Gasteiger partial charge in [-0.3, -0.25) is 0 Å². The lowest BCUT2D eigenvalue weighted by Gasteiger charge is -2.20. The molecule has 0 spiro atoms. The first-order valence-corrected chi connectivity index (χ1v) is 5.18. The van der Waals surface area contributed by atoms with Gasteiger partial charge in [-0.2, -0.15) is 0 Å². The Morgan fingerprint density at radius 2 is 1.83 bits per heavy atom. The fraction of sp³-hybridized carbons (Fsp3) is 0.400. The summed E-state index contributed by atoms with van der Waals surface area (Å²) in [6, 6.07) is 7.96. The molecule has 1 unspecified atom stereocenters. The zero-order chi connectivity index (χ0) is 9.19. The Labute approximate surface area is 87.1 Å². The average molecular weight is 248 g/mol. The molecule has 0 fully saturated rings. The van der Waals surface area contributed by atoms with Gasteiger partial charge in [-0.25, -0.2) is 0 Å². The molecule has 1 aromatic carbocycles. The summed E-state index contributed by atoms with van der Waals surface area (Å²) in [6.45, 7) is 4.32.